The van der Waals surface area contributed by atoms with Crippen molar-refractivity contribution in [1.82, 2.24) is 4.90 Å². The van der Waals surface area contributed by atoms with Crippen molar-refractivity contribution in [3.8, 4) is 0 Å². The van der Waals surface area contributed by atoms with Gasteiger partial charge in [0.15, 0.2) is 0 Å². The first kappa shape index (κ1) is 19.2. The number of rotatable bonds is 7. The number of nitrogens with zero attached hydrogens (tertiary/aromatic N) is 1. The van der Waals surface area contributed by atoms with Gasteiger partial charge in [0.25, 0.3) is 0 Å². The van der Waals surface area contributed by atoms with E-state index >= 15 is 0 Å². The number of hydrogen-bond acceptors (Lipinski definition) is 2. The van der Waals surface area contributed by atoms with Crippen molar-refractivity contribution in [2.24, 2.45) is 11.7 Å². The molecule has 0 saturated heterocycles. The molecule has 2 aromatic rings. The molecule has 1 amide bonds. The van der Waals surface area contributed by atoms with Gasteiger partial charge in [0.2, 0.25) is 5.91 Å². The SMILES string of the molecule is CC(CN)C(=O)N(CCc1ccccc1)Cc1ccccc1.Cl. The maximum Gasteiger partial charge on any atom is 0.226 e. The first-order valence-corrected chi connectivity index (χ1v) is 7.77. The van der Waals surface area contributed by atoms with E-state index in [1.165, 1.54) is 5.56 Å². The van der Waals surface area contributed by atoms with Crippen LogP contribution in [0.3, 0.4) is 0 Å². The topological polar surface area (TPSA) is 46.3 Å². The first-order chi connectivity index (χ1) is 10.7. The predicted molar refractivity (Wildman–Crippen MR) is 97.5 cm³/mol. The number of carbonyl (C=O) groups is 1. The molecule has 0 radical (unpaired) electrons. The van der Waals surface area contributed by atoms with E-state index in [-0.39, 0.29) is 24.2 Å². The number of benzene rings is 2. The lowest BCUT2D eigenvalue weighted by Gasteiger charge is -2.25. The number of halogens is 1. The molecule has 2 aromatic carbocycles. The average Bonchev–Trinajstić information content (AvgIpc) is 2.59. The lowest BCUT2D eigenvalue weighted by Crippen LogP contribution is -2.38. The highest BCUT2D eigenvalue weighted by molar-refractivity contribution is 5.85. The van der Waals surface area contributed by atoms with Crippen molar-refractivity contribution in [3.63, 3.8) is 0 Å². The van der Waals surface area contributed by atoms with Crippen LogP contribution in [-0.4, -0.2) is 23.9 Å². The van der Waals surface area contributed by atoms with Crippen molar-refractivity contribution in [2.45, 2.75) is 19.9 Å². The van der Waals surface area contributed by atoms with E-state index in [1.807, 2.05) is 48.2 Å². The van der Waals surface area contributed by atoms with Crippen LogP contribution < -0.4 is 5.73 Å². The molecule has 3 nitrogen and oxygen atoms in total. The zero-order chi connectivity index (χ0) is 15.8. The first-order valence-electron chi connectivity index (χ1n) is 7.77. The Bertz CT molecular complexity index is 574. The molecule has 2 rings (SSSR count). The van der Waals surface area contributed by atoms with Gasteiger partial charge >= 0.3 is 0 Å². The number of carbonyl (C=O) groups excluding carboxylic acids is 1. The summed E-state index contributed by atoms with van der Waals surface area (Å²) in [5.41, 5.74) is 8.05. The Morgan fingerprint density at radius 2 is 1.52 bits per heavy atom. The fraction of sp³-hybridized carbons (Fsp3) is 0.316. The van der Waals surface area contributed by atoms with Gasteiger partial charge in [-0.3, -0.25) is 4.79 Å². The number of amides is 1. The Kier molecular flexibility index (Phi) is 8.38. The molecule has 0 spiro atoms. The van der Waals surface area contributed by atoms with E-state index in [0.29, 0.717) is 19.6 Å². The van der Waals surface area contributed by atoms with Crippen LogP contribution in [0.1, 0.15) is 18.1 Å². The van der Waals surface area contributed by atoms with Gasteiger partial charge in [0, 0.05) is 25.6 Å². The fourth-order valence-electron chi connectivity index (χ4n) is 2.39. The summed E-state index contributed by atoms with van der Waals surface area (Å²) >= 11 is 0. The van der Waals surface area contributed by atoms with Gasteiger partial charge in [0.05, 0.1) is 0 Å². The molecule has 0 fully saturated rings. The van der Waals surface area contributed by atoms with Gasteiger partial charge in [-0.15, -0.1) is 12.4 Å². The van der Waals surface area contributed by atoms with Crippen molar-refractivity contribution in [1.29, 1.82) is 0 Å². The van der Waals surface area contributed by atoms with E-state index < -0.39 is 0 Å². The van der Waals surface area contributed by atoms with Crippen molar-refractivity contribution in [3.05, 3.63) is 71.8 Å². The number of nitrogens with two attached hydrogens (primary N) is 1. The van der Waals surface area contributed by atoms with Crippen molar-refractivity contribution >= 4 is 18.3 Å². The summed E-state index contributed by atoms with van der Waals surface area (Å²) < 4.78 is 0. The minimum Gasteiger partial charge on any atom is -0.338 e. The molecule has 0 aliphatic carbocycles. The minimum absolute atomic E-state index is 0. The van der Waals surface area contributed by atoms with E-state index in [0.717, 1.165) is 12.0 Å². The molecule has 0 aliphatic heterocycles. The molecule has 2 N–H and O–H groups in total. The molecule has 124 valence electrons. The van der Waals surface area contributed by atoms with Crippen LogP contribution in [-0.2, 0) is 17.8 Å². The van der Waals surface area contributed by atoms with Crippen LogP contribution in [0.4, 0.5) is 0 Å². The standard InChI is InChI=1S/C19H24N2O.ClH/c1-16(14-20)19(22)21(15-18-10-6-3-7-11-18)13-12-17-8-4-2-5-9-17;/h2-11,16H,12-15,20H2,1H3;1H. The molecule has 0 aliphatic rings. The zero-order valence-corrected chi connectivity index (χ0v) is 14.3. The van der Waals surface area contributed by atoms with Gasteiger partial charge in [-0.1, -0.05) is 67.6 Å². The lowest BCUT2D eigenvalue weighted by molar-refractivity contribution is -0.135. The van der Waals surface area contributed by atoms with Gasteiger partial charge in [-0.25, -0.2) is 0 Å². The summed E-state index contributed by atoms with van der Waals surface area (Å²) in [6, 6.07) is 20.3. The van der Waals surface area contributed by atoms with Crippen molar-refractivity contribution in [2.75, 3.05) is 13.1 Å². The highest BCUT2D eigenvalue weighted by Gasteiger charge is 2.19. The number of hydrogen-bond donors (Lipinski definition) is 1. The maximum absolute atomic E-state index is 12.5. The summed E-state index contributed by atoms with van der Waals surface area (Å²) in [4.78, 5) is 14.5. The third-order valence-corrected chi connectivity index (χ3v) is 3.82. The molecular weight excluding hydrogens is 308 g/mol. The second-order valence-electron chi connectivity index (χ2n) is 5.62. The summed E-state index contributed by atoms with van der Waals surface area (Å²) in [6.45, 7) is 3.62. The third-order valence-electron chi connectivity index (χ3n) is 3.82. The smallest absolute Gasteiger partial charge is 0.226 e. The Morgan fingerprint density at radius 3 is 2.04 bits per heavy atom. The monoisotopic (exact) mass is 332 g/mol. The maximum atomic E-state index is 12.5. The van der Waals surface area contributed by atoms with Gasteiger partial charge in [-0.05, 0) is 17.5 Å². The van der Waals surface area contributed by atoms with Crippen LogP contribution in [0.5, 0.6) is 0 Å². The molecule has 0 bridgehead atoms. The second kappa shape index (κ2) is 10.0. The summed E-state index contributed by atoms with van der Waals surface area (Å²) in [5, 5.41) is 0. The minimum atomic E-state index is -0.139. The zero-order valence-electron chi connectivity index (χ0n) is 13.5. The predicted octanol–water partition coefficient (Wildman–Crippen LogP) is 3.27. The normalized spacial score (nSPS) is 11.4. The Balaban J connectivity index is 0.00000264. The Labute approximate surface area is 144 Å². The molecule has 1 atom stereocenters. The van der Waals surface area contributed by atoms with E-state index in [4.69, 9.17) is 5.73 Å². The molecular formula is C19H25ClN2O. The molecule has 23 heavy (non-hydrogen) atoms. The van der Waals surface area contributed by atoms with Crippen LogP contribution >= 0.6 is 12.4 Å². The fourth-order valence-corrected chi connectivity index (χ4v) is 2.39. The average molecular weight is 333 g/mol. The van der Waals surface area contributed by atoms with Crippen LogP contribution in [0.25, 0.3) is 0 Å². The second-order valence-corrected chi connectivity index (χ2v) is 5.62. The van der Waals surface area contributed by atoms with Gasteiger partial charge in [-0.2, -0.15) is 0 Å². The Morgan fingerprint density at radius 1 is 1.00 bits per heavy atom. The quantitative estimate of drug-likeness (QED) is 0.845. The molecule has 1 unspecified atom stereocenters. The van der Waals surface area contributed by atoms with E-state index in [9.17, 15) is 4.79 Å². The van der Waals surface area contributed by atoms with Crippen LogP contribution in [0, 0.1) is 5.92 Å². The van der Waals surface area contributed by atoms with Crippen molar-refractivity contribution < 1.29 is 4.79 Å². The van der Waals surface area contributed by atoms with Gasteiger partial charge in [0.1, 0.15) is 0 Å². The third kappa shape index (κ3) is 6.05. The summed E-state index contributed by atoms with van der Waals surface area (Å²) in [6.07, 6.45) is 0.858. The molecule has 0 heterocycles. The van der Waals surface area contributed by atoms with E-state index in [1.54, 1.807) is 0 Å². The summed E-state index contributed by atoms with van der Waals surface area (Å²) in [7, 11) is 0. The van der Waals surface area contributed by atoms with Crippen LogP contribution in [0.2, 0.25) is 0 Å². The highest BCUT2D eigenvalue weighted by atomic mass is 35.5. The Hall–Kier alpha value is -1.84. The van der Waals surface area contributed by atoms with Gasteiger partial charge < -0.3 is 10.6 Å². The molecule has 0 aromatic heterocycles. The van der Waals surface area contributed by atoms with E-state index in [2.05, 4.69) is 24.3 Å². The highest BCUT2D eigenvalue weighted by Crippen LogP contribution is 2.10. The lowest BCUT2D eigenvalue weighted by atomic mass is 10.1. The summed E-state index contributed by atoms with van der Waals surface area (Å²) in [5.74, 6) is -0.0123. The molecule has 0 saturated carbocycles. The largest absolute Gasteiger partial charge is 0.338 e. The molecule has 4 heteroatoms. The van der Waals surface area contributed by atoms with Crippen LogP contribution in [0.15, 0.2) is 60.7 Å².